The normalized spacial score (nSPS) is 17.3. The molecule has 1 saturated heterocycles. The third-order valence-electron chi connectivity index (χ3n) is 8.56. The van der Waals surface area contributed by atoms with Gasteiger partial charge in [-0.3, -0.25) is 4.90 Å². The molecule has 244 valence electrons. The molecule has 0 bridgehead atoms. The first-order valence-electron chi connectivity index (χ1n) is 16.6. The summed E-state index contributed by atoms with van der Waals surface area (Å²) in [5.41, 5.74) is 6.76. The third kappa shape index (κ3) is 8.47. The second kappa shape index (κ2) is 13.8. The highest BCUT2D eigenvalue weighted by atomic mass is 16.6. The molecule has 0 saturated carbocycles. The maximum atomic E-state index is 13.0. The van der Waals surface area contributed by atoms with Crippen molar-refractivity contribution in [3.05, 3.63) is 100 Å². The molecule has 1 heterocycles. The van der Waals surface area contributed by atoms with Gasteiger partial charge in [0.15, 0.2) is 0 Å². The van der Waals surface area contributed by atoms with E-state index in [1.165, 1.54) is 30.4 Å². The van der Waals surface area contributed by atoms with Gasteiger partial charge in [0.2, 0.25) is 0 Å². The number of allylic oxidation sites excluding steroid dienone is 2. The Kier molecular flexibility index (Phi) is 10.1. The lowest BCUT2D eigenvalue weighted by molar-refractivity contribution is 0.00569. The van der Waals surface area contributed by atoms with Crippen molar-refractivity contribution in [2.75, 3.05) is 26.2 Å². The van der Waals surface area contributed by atoms with E-state index in [1.807, 2.05) is 84.0 Å². The van der Waals surface area contributed by atoms with Gasteiger partial charge in [-0.15, -0.1) is 0 Å². The second-order valence-electron chi connectivity index (χ2n) is 14.6. The molecule has 0 amide bonds. The van der Waals surface area contributed by atoms with Crippen LogP contribution in [0.4, 0.5) is 0 Å². The molecule has 0 spiro atoms. The molecule has 0 unspecified atom stereocenters. The van der Waals surface area contributed by atoms with Gasteiger partial charge in [-0.2, -0.15) is 0 Å². The first-order valence-corrected chi connectivity index (χ1v) is 16.6. The lowest BCUT2D eigenvalue weighted by atomic mass is 9.73. The Hall–Kier alpha value is -3.90. The highest BCUT2D eigenvalue weighted by Crippen LogP contribution is 2.46. The van der Waals surface area contributed by atoms with Crippen molar-refractivity contribution in [2.24, 2.45) is 0 Å². The number of carbonyl (C=O) groups is 2. The number of hydrogen-bond donors (Lipinski definition) is 0. The van der Waals surface area contributed by atoms with Gasteiger partial charge in [0, 0.05) is 12.5 Å². The van der Waals surface area contributed by atoms with Crippen molar-refractivity contribution in [1.82, 2.24) is 4.90 Å². The van der Waals surface area contributed by atoms with Gasteiger partial charge in [-0.25, -0.2) is 9.59 Å². The molecule has 5 rings (SSSR count). The maximum absolute atomic E-state index is 13.0. The van der Waals surface area contributed by atoms with E-state index in [0.29, 0.717) is 17.7 Å². The van der Waals surface area contributed by atoms with Gasteiger partial charge < -0.3 is 14.2 Å². The first-order chi connectivity index (χ1) is 21.8. The first kappa shape index (κ1) is 33.5. The number of rotatable bonds is 8. The lowest BCUT2D eigenvalue weighted by Gasteiger charge is -2.31. The number of carbonyl (C=O) groups excluding carboxylic acids is 2. The molecule has 6 nitrogen and oxygen atoms in total. The van der Waals surface area contributed by atoms with E-state index in [0.717, 1.165) is 54.1 Å². The lowest BCUT2D eigenvalue weighted by Crippen LogP contribution is -2.33. The van der Waals surface area contributed by atoms with Crippen LogP contribution in [0, 0.1) is 0 Å². The van der Waals surface area contributed by atoms with E-state index in [2.05, 4.69) is 36.1 Å². The summed E-state index contributed by atoms with van der Waals surface area (Å²) in [4.78, 5) is 28.2. The third-order valence-corrected chi connectivity index (χ3v) is 8.56. The van der Waals surface area contributed by atoms with Crippen molar-refractivity contribution in [3.8, 4) is 5.75 Å². The van der Waals surface area contributed by atoms with Gasteiger partial charge >= 0.3 is 11.9 Å². The summed E-state index contributed by atoms with van der Waals surface area (Å²) in [6.45, 7) is 17.4. The van der Waals surface area contributed by atoms with Gasteiger partial charge in [0.05, 0.1) is 11.1 Å². The number of ether oxygens (including phenoxy) is 3. The number of esters is 2. The number of piperidine rings is 1. The standard InChI is InChI=1S/C40H49NO5/c1-27-34-20-17-31(38(43)46-40(5,6)7)25-32(34)26-35(36(27)29-11-13-30(14-12-29)37(42)45-39(2,3)4)28-15-18-33(19-16-28)44-24-23-41-21-9-8-10-22-41/h11-20,25,35H,8-10,21-24,26H2,1-7H3/t35-/m0/s1. The van der Waals surface area contributed by atoms with E-state index < -0.39 is 11.2 Å². The zero-order chi connectivity index (χ0) is 33.1. The fourth-order valence-corrected chi connectivity index (χ4v) is 6.42. The topological polar surface area (TPSA) is 65.1 Å². The number of benzene rings is 3. The molecule has 0 radical (unpaired) electrons. The van der Waals surface area contributed by atoms with E-state index >= 15 is 0 Å². The molecule has 0 aromatic heterocycles. The van der Waals surface area contributed by atoms with Crippen LogP contribution in [0.25, 0.3) is 11.1 Å². The van der Waals surface area contributed by atoms with E-state index in [1.54, 1.807) is 0 Å². The maximum Gasteiger partial charge on any atom is 0.338 e. The van der Waals surface area contributed by atoms with Crippen molar-refractivity contribution in [3.63, 3.8) is 0 Å². The summed E-state index contributed by atoms with van der Waals surface area (Å²) < 4.78 is 17.4. The van der Waals surface area contributed by atoms with E-state index in [9.17, 15) is 9.59 Å². The van der Waals surface area contributed by atoms with Gasteiger partial charge in [0.1, 0.15) is 23.6 Å². The number of likely N-dealkylation sites (tertiary alicyclic amines) is 1. The smallest absolute Gasteiger partial charge is 0.338 e. The quantitative estimate of drug-likeness (QED) is 0.234. The molecule has 46 heavy (non-hydrogen) atoms. The van der Waals surface area contributed by atoms with E-state index in [-0.39, 0.29) is 17.9 Å². The molecule has 3 aromatic rings. The van der Waals surface area contributed by atoms with Crippen molar-refractivity contribution < 1.29 is 23.8 Å². The fourth-order valence-electron chi connectivity index (χ4n) is 6.42. The Bertz CT molecular complexity index is 1570. The monoisotopic (exact) mass is 623 g/mol. The summed E-state index contributed by atoms with van der Waals surface area (Å²) in [7, 11) is 0. The summed E-state index contributed by atoms with van der Waals surface area (Å²) >= 11 is 0. The Morgan fingerprint density at radius 1 is 0.761 bits per heavy atom. The summed E-state index contributed by atoms with van der Waals surface area (Å²) in [6.07, 6.45) is 4.60. The van der Waals surface area contributed by atoms with Crippen LogP contribution in [0.1, 0.15) is 117 Å². The van der Waals surface area contributed by atoms with Crippen LogP contribution < -0.4 is 4.74 Å². The molecule has 6 heteroatoms. The van der Waals surface area contributed by atoms with Crippen molar-refractivity contribution in [2.45, 2.75) is 91.3 Å². The van der Waals surface area contributed by atoms with E-state index in [4.69, 9.17) is 14.2 Å². The highest BCUT2D eigenvalue weighted by molar-refractivity contribution is 5.98. The summed E-state index contributed by atoms with van der Waals surface area (Å²) in [6, 6.07) is 22.1. The molecule has 2 aliphatic rings. The SMILES string of the molecule is CC1=C(c2ccc(C(=O)OC(C)(C)C)cc2)[C@H](c2ccc(OCCN3CCCCC3)cc2)Cc2cc(C(=O)OC(C)(C)C)ccc21. The zero-order valence-electron chi connectivity index (χ0n) is 28.6. The Morgan fingerprint density at radius 3 is 1.96 bits per heavy atom. The van der Waals surface area contributed by atoms with Gasteiger partial charge in [-0.05, 0) is 151 Å². The molecule has 1 aliphatic heterocycles. The predicted octanol–water partition coefficient (Wildman–Crippen LogP) is 8.73. The van der Waals surface area contributed by atoms with Crippen LogP contribution in [0.5, 0.6) is 5.75 Å². The second-order valence-corrected chi connectivity index (χ2v) is 14.6. The summed E-state index contributed by atoms with van der Waals surface area (Å²) in [5.74, 6) is 0.258. The molecule has 0 N–H and O–H groups in total. The zero-order valence-corrected chi connectivity index (χ0v) is 28.6. The molecule has 1 atom stereocenters. The average Bonchev–Trinajstić information content (AvgIpc) is 3.00. The minimum Gasteiger partial charge on any atom is -0.492 e. The van der Waals surface area contributed by atoms with Gasteiger partial charge in [-0.1, -0.05) is 36.8 Å². The number of hydrogen-bond acceptors (Lipinski definition) is 6. The van der Waals surface area contributed by atoms with Crippen LogP contribution in [0.2, 0.25) is 0 Å². The van der Waals surface area contributed by atoms with Crippen LogP contribution >= 0.6 is 0 Å². The molecular weight excluding hydrogens is 574 g/mol. The Balaban J connectivity index is 1.44. The van der Waals surface area contributed by atoms with Crippen LogP contribution in [0.15, 0.2) is 66.7 Å². The largest absolute Gasteiger partial charge is 0.492 e. The van der Waals surface area contributed by atoms with Gasteiger partial charge in [0.25, 0.3) is 0 Å². The number of fused-ring (bicyclic) bond motifs is 1. The average molecular weight is 624 g/mol. The van der Waals surface area contributed by atoms with Crippen LogP contribution in [0.3, 0.4) is 0 Å². The fraction of sp³-hybridized carbons (Fsp3) is 0.450. The minimum absolute atomic E-state index is 0.0381. The van der Waals surface area contributed by atoms with Crippen LogP contribution in [-0.2, 0) is 15.9 Å². The highest BCUT2D eigenvalue weighted by Gasteiger charge is 2.29. The molecular formula is C40H49NO5. The van der Waals surface area contributed by atoms with Crippen LogP contribution in [-0.4, -0.2) is 54.3 Å². The van der Waals surface area contributed by atoms with Crippen molar-refractivity contribution >= 4 is 23.1 Å². The minimum atomic E-state index is -0.568. The molecule has 1 fully saturated rings. The Morgan fingerprint density at radius 2 is 1.35 bits per heavy atom. The predicted molar refractivity (Wildman–Crippen MR) is 184 cm³/mol. The Labute approximate surface area is 274 Å². The molecule has 1 aliphatic carbocycles. The molecule has 3 aromatic carbocycles. The summed E-state index contributed by atoms with van der Waals surface area (Å²) in [5, 5.41) is 0. The van der Waals surface area contributed by atoms with Crippen molar-refractivity contribution in [1.29, 1.82) is 0 Å². The number of nitrogens with zero attached hydrogens (tertiary/aromatic N) is 1.